The van der Waals surface area contributed by atoms with Crippen LogP contribution in [0, 0.1) is 5.92 Å². The summed E-state index contributed by atoms with van der Waals surface area (Å²) < 4.78 is 10.6. The number of hydrogen-bond donors (Lipinski definition) is 0. The van der Waals surface area contributed by atoms with Gasteiger partial charge in [-0.25, -0.2) is 0 Å². The summed E-state index contributed by atoms with van der Waals surface area (Å²) in [7, 11) is 2.69. The van der Waals surface area contributed by atoms with Crippen molar-refractivity contribution in [2.24, 2.45) is 5.92 Å². The molecule has 2 fully saturated rings. The fourth-order valence-electron chi connectivity index (χ4n) is 3.23. The van der Waals surface area contributed by atoms with Crippen LogP contribution in [0.2, 0.25) is 0 Å². The van der Waals surface area contributed by atoms with Crippen LogP contribution in [-0.2, 0) is 19.1 Å². The lowest BCUT2D eigenvalue weighted by Gasteiger charge is -2.38. The fourth-order valence-corrected chi connectivity index (χ4v) is 4.99. The van der Waals surface area contributed by atoms with E-state index in [0.717, 1.165) is 0 Å². The van der Waals surface area contributed by atoms with E-state index in [-0.39, 0.29) is 12.3 Å². The van der Waals surface area contributed by atoms with Crippen LogP contribution in [0.25, 0.3) is 0 Å². The van der Waals surface area contributed by atoms with Crippen LogP contribution in [0.5, 0.6) is 0 Å². The van der Waals surface area contributed by atoms with Crippen LogP contribution in [0.3, 0.4) is 0 Å². The van der Waals surface area contributed by atoms with Gasteiger partial charge in [-0.05, 0) is 18.8 Å². The van der Waals surface area contributed by atoms with E-state index in [4.69, 9.17) is 32.7 Å². The number of ether oxygens (including phenoxy) is 2. The minimum atomic E-state index is -1.59. The van der Waals surface area contributed by atoms with Gasteiger partial charge in [0.2, 0.25) is 17.4 Å². The predicted molar refractivity (Wildman–Crippen MR) is 70.4 cm³/mol. The Labute approximate surface area is 123 Å². The van der Waals surface area contributed by atoms with Gasteiger partial charge in [0.05, 0.1) is 0 Å². The highest BCUT2D eigenvalue weighted by Crippen LogP contribution is 2.65. The average molecular weight is 360 g/mol. The third-order valence-electron chi connectivity index (χ3n) is 4.02. The molecule has 4 nitrogen and oxygen atoms in total. The molecule has 2 rings (SSSR count). The van der Waals surface area contributed by atoms with Crippen molar-refractivity contribution in [1.29, 1.82) is 0 Å². The maximum atomic E-state index is 12.2. The third-order valence-corrected chi connectivity index (χ3v) is 5.78. The summed E-state index contributed by atoms with van der Waals surface area (Å²) in [6, 6.07) is 0. The number of rotatable bonds is 4. The number of carbonyl (C=O) groups excluding carboxylic acids is 2. The highest BCUT2D eigenvalue weighted by molar-refractivity contribution is 9.09. The lowest BCUT2D eigenvalue weighted by molar-refractivity contribution is -0.220. The third kappa shape index (κ3) is 1.30. The van der Waals surface area contributed by atoms with Crippen molar-refractivity contribution in [3.63, 3.8) is 0 Å². The molecule has 0 aliphatic heterocycles. The van der Waals surface area contributed by atoms with Gasteiger partial charge < -0.3 is 9.47 Å². The van der Waals surface area contributed by atoms with E-state index in [2.05, 4.69) is 15.9 Å². The lowest BCUT2D eigenvalue weighted by Crippen LogP contribution is -2.57. The van der Waals surface area contributed by atoms with Crippen molar-refractivity contribution in [2.45, 2.75) is 28.4 Å². The summed E-state index contributed by atoms with van der Waals surface area (Å²) in [5, 5.41) is 0.657. The smallest absolute Gasteiger partial charge is 0.227 e. The largest absolute Gasteiger partial charge is 0.349 e. The Morgan fingerprint density at radius 1 is 1.28 bits per heavy atom. The van der Waals surface area contributed by atoms with Gasteiger partial charge in [0.25, 0.3) is 0 Å². The zero-order valence-electron chi connectivity index (χ0n) is 9.97. The Hall–Kier alpha value is 0.320. The second kappa shape index (κ2) is 4.42. The predicted octanol–water partition coefficient (Wildman–Crippen LogP) is 1.89. The van der Waals surface area contributed by atoms with Crippen LogP contribution in [0.4, 0.5) is 0 Å². The molecule has 0 aromatic heterocycles. The van der Waals surface area contributed by atoms with Crippen LogP contribution in [0.15, 0.2) is 0 Å². The zero-order chi connectivity index (χ0) is 13.8. The second-order valence-electron chi connectivity index (χ2n) is 4.57. The Bertz CT molecular complexity index is 412. The second-order valence-corrected chi connectivity index (χ2v) is 6.61. The number of fused-ring (bicyclic) bond motifs is 2. The molecule has 0 unspecified atom stereocenters. The van der Waals surface area contributed by atoms with Gasteiger partial charge in [-0.15, -0.1) is 23.2 Å². The molecule has 0 N–H and O–H groups in total. The van der Waals surface area contributed by atoms with Gasteiger partial charge in [0.1, 0.15) is 0 Å². The van der Waals surface area contributed by atoms with Crippen molar-refractivity contribution >= 4 is 50.7 Å². The first-order valence-corrected chi connectivity index (χ1v) is 7.36. The number of ketones is 2. The Balaban J connectivity index is 2.62. The average Bonchev–Trinajstić information content (AvgIpc) is 2.61. The summed E-state index contributed by atoms with van der Waals surface area (Å²) in [6.07, 6.45) is 0.890. The number of alkyl halides is 3. The first-order valence-electron chi connectivity index (χ1n) is 5.49. The Morgan fingerprint density at radius 3 is 2.22 bits per heavy atom. The highest BCUT2D eigenvalue weighted by Gasteiger charge is 2.85. The number of Topliss-reactive ketones (excluding diaryl/α,β-unsaturated/α-hetero) is 2. The first-order chi connectivity index (χ1) is 8.35. The molecule has 2 saturated carbocycles. The zero-order valence-corrected chi connectivity index (χ0v) is 13.1. The molecule has 0 amide bonds. The Kier molecular flexibility index (Phi) is 3.61. The van der Waals surface area contributed by atoms with E-state index in [1.807, 2.05) is 0 Å². The van der Waals surface area contributed by atoms with E-state index in [1.54, 1.807) is 0 Å². The number of carbonyl (C=O) groups is 2. The van der Waals surface area contributed by atoms with E-state index in [0.29, 0.717) is 11.8 Å². The maximum Gasteiger partial charge on any atom is 0.227 e. The van der Waals surface area contributed by atoms with Gasteiger partial charge >= 0.3 is 0 Å². The summed E-state index contributed by atoms with van der Waals surface area (Å²) >= 11 is 16.1. The summed E-state index contributed by atoms with van der Waals surface area (Å²) in [5.41, 5.74) is 0. The molecule has 2 aliphatic carbocycles. The van der Waals surface area contributed by atoms with Gasteiger partial charge in [0, 0.05) is 19.5 Å². The first kappa shape index (κ1) is 14.7. The van der Waals surface area contributed by atoms with Crippen molar-refractivity contribution in [2.75, 3.05) is 19.5 Å². The molecule has 0 heterocycles. The van der Waals surface area contributed by atoms with E-state index in [9.17, 15) is 9.59 Å². The van der Waals surface area contributed by atoms with Crippen molar-refractivity contribution < 1.29 is 19.1 Å². The molecule has 0 radical (unpaired) electrons. The monoisotopic (exact) mass is 358 g/mol. The van der Waals surface area contributed by atoms with Crippen LogP contribution in [0.1, 0.15) is 12.8 Å². The summed E-state index contributed by atoms with van der Waals surface area (Å²) in [4.78, 5) is 21.1. The molecular weight excluding hydrogens is 347 g/mol. The molecule has 0 spiro atoms. The van der Waals surface area contributed by atoms with Gasteiger partial charge in [-0.3, -0.25) is 9.59 Å². The van der Waals surface area contributed by atoms with Crippen LogP contribution >= 0.6 is 39.1 Å². The Morgan fingerprint density at radius 2 is 1.83 bits per heavy atom. The number of hydrogen-bond acceptors (Lipinski definition) is 4. The van der Waals surface area contributed by atoms with Crippen LogP contribution < -0.4 is 0 Å². The van der Waals surface area contributed by atoms with E-state index in [1.165, 1.54) is 14.2 Å². The van der Waals surface area contributed by atoms with Crippen molar-refractivity contribution in [1.82, 2.24) is 0 Å². The molecule has 0 saturated heterocycles. The highest BCUT2D eigenvalue weighted by atomic mass is 79.9. The summed E-state index contributed by atoms with van der Waals surface area (Å²) in [5.74, 6) is -3.28. The van der Waals surface area contributed by atoms with Gasteiger partial charge in [-0.2, -0.15) is 0 Å². The molecule has 3 atom stereocenters. The maximum absolute atomic E-state index is 12.2. The fraction of sp³-hybridized carbons (Fsp3) is 0.818. The summed E-state index contributed by atoms with van der Waals surface area (Å²) in [6.45, 7) is 0. The molecule has 2 bridgehead atoms. The van der Waals surface area contributed by atoms with Crippen molar-refractivity contribution in [3.8, 4) is 0 Å². The molecule has 7 heteroatoms. The molecule has 18 heavy (non-hydrogen) atoms. The molecule has 102 valence electrons. The van der Waals surface area contributed by atoms with Crippen molar-refractivity contribution in [3.05, 3.63) is 0 Å². The topological polar surface area (TPSA) is 52.6 Å². The van der Waals surface area contributed by atoms with Crippen LogP contribution in [-0.4, -0.2) is 46.7 Å². The SMILES string of the molecule is COC1(OC)[C@]2(Cl)C[C@@H](CCBr)[C@@]1(Cl)C(=O)C2=O. The van der Waals surface area contributed by atoms with E-state index >= 15 is 0 Å². The van der Waals surface area contributed by atoms with Gasteiger partial charge in [-0.1, -0.05) is 15.9 Å². The lowest BCUT2D eigenvalue weighted by atomic mass is 9.84. The molecular formula is C11H13BrCl2O4. The molecule has 2 aliphatic rings. The molecule has 0 aromatic carbocycles. The number of halogens is 3. The van der Waals surface area contributed by atoms with E-state index < -0.39 is 27.1 Å². The molecule has 0 aromatic rings. The normalized spacial score (nSPS) is 41.7. The standard InChI is InChI=1S/C11H13BrCl2O4/c1-17-11(18-2)9(13)5-6(3-4-12)10(11,14)8(16)7(9)15/h6H,3-5H2,1-2H3/t6-,9+,10-/m1/s1. The minimum absolute atomic E-state index is 0.263. The minimum Gasteiger partial charge on any atom is -0.349 e. The quantitative estimate of drug-likeness (QED) is 0.437. The van der Waals surface area contributed by atoms with Gasteiger partial charge in [0.15, 0.2) is 9.75 Å². The number of methoxy groups -OCH3 is 2.